The first kappa shape index (κ1) is 16.6. The Kier molecular flexibility index (Phi) is 5.86. The van der Waals surface area contributed by atoms with Crippen LogP contribution in [0.15, 0.2) is 18.2 Å². The molecule has 0 spiro atoms. The molecule has 0 fully saturated rings. The van der Waals surface area contributed by atoms with Gasteiger partial charge in [0.15, 0.2) is 0 Å². The molecule has 1 rings (SSSR count). The van der Waals surface area contributed by atoms with Crippen molar-refractivity contribution >= 4 is 23.5 Å². The molecular formula is C14H18N2O5. The summed E-state index contributed by atoms with van der Waals surface area (Å²) >= 11 is 0. The Bertz CT molecular complexity index is 554. The SMILES string of the molecule is COC(=O)c1ccc(C(=O)OC)c(NC(=O)CN(C)C)c1. The smallest absolute Gasteiger partial charge is 0.339 e. The third kappa shape index (κ3) is 4.57. The average molecular weight is 294 g/mol. The number of hydrogen-bond donors (Lipinski definition) is 1. The maximum Gasteiger partial charge on any atom is 0.339 e. The van der Waals surface area contributed by atoms with Crippen LogP contribution in [0.2, 0.25) is 0 Å². The minimum atomic E-state index is -0.605. The van der Waals surface area contributed by atoms with Crippen LogP contribution in [-0.2, 0) is 14.3 Å². The number of nitrogens with zero attached hydrogens (tertiary/aromatic N) is 1. The van der Waals surface area contributed by atoms with Gasteiger partial charge >= 0.3 is 11.9 Å². The molecule has 1 aromatic carbocycles. The van der Waals surface area contributed by atoms with Crippen molar-refractivity contribution in [3.63, 3.8) is 0 Å². The molecule has 0 atom stereocenters. The Morgan fingerprint density at radius 3 is 2.24 bits per heavy atom. The number of methoxy groups -OCH3 is 2. The summed E-state index contributed by atoms with van der Waals surface area (Å²) in [4.78, 5) is 36.7. The van der Waals surface area contributed by atoms with E-state index in [1.54, 1.807) is 19.0 Å². The lowest BCUT2D eigenvalue weighted by Gasteiger charge is -2.13. The fourth-order valence-electron chi connectivity index (χ4n) is 1.66. The van der Waals surface area contributed by atoms with E-state index in [1.807, 2.05) is 0 Å². The lowest BCUT2D eigenvalue weighted by Crippen LogP contribution is -2.28. The van der Waals surface area contributed by atoms with Crippen LogP contribution in [0.25, 0.3) is 0 Å². The van der Waals surface area contributed by atoms with E-state index in [4.69, 9.17) is 0 Å². The first-order valence-electron chi connectivity index (χ1n) is 6.14. The molecule has 0 heterocycles. The monoisotopic (exact) mass is 294 g/mol. The number of carbonyl (C=O) groups is 3. The van der Waals surface area contributed by atoms with Gasteiger partial charge in [-0.2, -0.15) is 0 Å². The van der Waals surface area contributed by atoms with Crippen molar-refractivity contribution in [1.82, 2.24) is 4.90 Å². The first-order valence-corrected chi connectivity index (χ1v) is 6.14. The molecule has 7 nitrogen and oxygen atoms in total. The van der Waals surface area contributed by atoms with Crippen LogP contribution in [0.1, 0.15) is 20.7 Å². The molecule has 0 bridgehead atoms. The van der Waals surface area contributed by atoms with Gasteiger partial charge in [-0.15, -0.1) is 0 Å². The Morgan fingerprint density at radius 2 is 1.71 bits per heavy atom. The maximum atomic E-state index is 11.8. The van der Waals surface area contributed by atoms with Gasteiger partial charge in [-0.05, 0) is 32.3 Å². The number of rotatable bonds is 5. The molecule has 21 heavy (non-hydrogen) atoms. The normalized spacial score (nSPS) is 10.1. The van der Waals surface area contributed by atoms with Crippen LogP contribution in [0.4, 0.5) is 5.69 Å². The fraction of sp³-hybridized carbons (Fsp3) is 0.357. The van der Waals surface area contributed by atoms with Crippen molar-refractivity contribution in [3.05, 3.63) is 29.3 Å². The van der Waals surface area contributed by atoms with Gasteiger partial charge in [-0.25, -0.2) is 9.59 Å². The van der Waals surface area contributed by atoms with Gasteiger partial charge in [0.25, 0.3) is 0 Å². The number of amides is 1. The molecule has 1 N–H and O–H groups in total. The van der Waals surface area contributed by atoms with Crippen LogP contribution >= 0.6 is 0 Å². The minimum absolute atomic E-state index is 0.142. The topological polar surface area (TPSA) is 84.9 Å². The van der Waals surface area contributed by atoms with Gasteiger partial charge in [-0.3, -0.25) is 4.79 Å². The van der Waals surface area contributed by atoms with E-state index >= 15 is 0 Å². The van der Waals surface area contributed by atoms with E-state index in [1.165, 1.54) is 32.4 Å². The summed E-state index contributed by atoms with van der Waals surface area (Å²) in [5, 5.41) is 2.59. The summed E-state index contributed by atoms with van der Waals surface area (Å²) < 4.78 is 9.26. The van der Waals surface area contributed by atoms with Gasteiger partial charge < -0.3 is 19.7 Å². The van der Waals surface area contributed by atoms with Crippen molar-refractivity contribution in [2.24, 2.45) is 0 Å². The number of nitrogens with one attached hydrogen (secondary N) is 1. The number of esters is 2. The first-order chi connectivity index (χ1) is 9.88. The lowest BCUT2D eigenvalue weighted by atomic mass is 10.1. The number of ether oxygens (including phenoxy) is 2. The minimum Gasteiger partial charge on any atom is -0.465 e. The Balaban J connectivity index is 3.13. The molecule has 0 aliphatic rings. The molecule has 0 aromatic heterocycles. The predicted molar refractivity (Wildman–Crippen MR) is 76.3 cm³/mol. The zero-order chi connectivity index (χ0) is 16.0. The van der Waals surface area contributed by atoms with Gasteiger partial charge in [0.05, 0.1) is 37.6 Å². The average Bonchev–Trinajstić information content (AvgIpc) is 2.44. The molecule has 7 heteroatoms. The highest BCUT2D eigenvalue weighted by atomic mass is 16.5. The van der Waals surface area contributed by atoms with Crippen molar-refractivity contribution in [2.45, 2.75) is 0 Å². The Hall–Kier alpha value is -2.41. The molecule has 0 saturated carbocycles. The summed E-state index contributed by atoms with van der Waals surface area (Å²) in [7, 11) is 5.97. The van der Waals surface area contributed by atoms with Crippen molar-refractivity contribution in [2.75, 3.05) is 40.2 Å². The predicted octanol–water partition coefficient (Wildman–Crippen LogP) is 0.760. The number of anilines is 1. The van der Waals surface area contributed by atoms with E-state index in [9.17, 15) is 14.4 Å². The quantitative estimate of drug-likeness (QED) is 0.807. The van der Waals surface area contributed by atoms with Crippen LogP contribution in [0.5, 0.6) is 0 Å². The summed E-state index contributed by atoms with van der Waals surface area (Å²) in [6, 6.07) is 4.22. The largest absolute Gasteiger partial charge is 0.465 e. The maximum absolute atomic E-state index is 11.8. The standard InChI is InChI=1S/C14H18N2O5/c1-16(2)8-12(17)15-11-7-9(13(18)20-3)5-6-10(11)14(19)21-4/h5-7H,8H2,1-4H3,(H,15,17). The molecule has 1 aromatic rings. The van der Waals surface area contributed by atoms with E-state index in [-0.39, 0.29) is 29.3 Å². The summed E-state index contributed by atoms with van der Waals surface area (Å²) in [5.41, 5.74) is 0.596. The van der Waals surface area contributed by atoms with Gasteiger partial charge in [0.1, 0.15) is 0 Å². The molecule has 0 unspecified atom stereocenters. The second kappa shape index (κ2) is 7.39. The lowest BCUT2D eigenvalue weighted by molar-refractivity contribution is -0.116. The summed E-state index contributed by atoms with van der Waals surface area (Å²) in [5.74, 6) is -1.48. The number of likely N-dealkylation sites (N-methyl/N-ethyl adjacent to an activating group) is 1. The third-order valence-electron chi connectivity index (χ3n) is 2.58. The van der Waals surface area contributed by atoms with Crippen LogP contribution in [-0.4, -0.2) is 57.6 Å². The second-order valence-electron chi connectivity index (χ2n) is 4.53. The zero-order valence-electron chi connectivity index (χ0n) is 12.4. The molecule has 1 amide bonds. The third-order valence-corrected chi connectivity index (χ3v) is 2.58. The molecule has 114 valence electrons. The van der Waals surface area contributed by atoms with Crippen LogP contribution in [0, 0.1) is 0 Å². The van der Waals surface area contributed by atoms with Gasteiger partial charge in [-0.1, -0.05) is 0 Å². The molecular weight excluding hydrogens is 276 g/mol. The number of hydrogen-bond acceptors (Lipinski definition) is 6. The number of benzene rings is 1. The zero-order valence-corrected chi connectivity index (χ0v) is 12.4. The second-order valence-corrected chi connectivity index (χ2v) is 4.53. The highest BCUT2D eigenvalue weighted by molar-refractivity contribution is 6.03. The molecule has 0 aliphatic heterocycles. The van der Waals surface area contributed by atoms with E-state index in [0.29, 0.717) is 0 Å². The van der Waals surface area contributed by atoms with Crippen molar-refractivity contribution < 1.29 is 23.9 Å². The highest BCUT2D eigenvalue weighted by Gasteiger charge is 2.17. The van der Waals surface area contributed by atoms with Crippen LogP contribution in [0.3, 0.4) is 0 Å². The summed E-state index contributed by atoms with van der Waals surface area (Å²) in [6.07, 6.45) is 0. The van der Waals surface area contributed by atoms with Crippen molar-refractivity contribution in [3.8, 4) is 0 Å². The molecule has 0 aliphatic carbocycles. The van der Waals surface area contributed by atoms with Crippen molar-refractivity contribution in [1.29, 1.82) is 0 Å². The highest BCUT2D eigenvalue weighted by Crippen LogP contribution is 2.19. The summed E-state index contributed by atoms with van der Waals surface area (Å²) in [6.45, 7) is 0.142. The van der Waals surface area contributed by atoms with Gasteiger partial charge in [0.2, 0.25) is 5.91 Å². The molecule has 0 saturated heterocycles. The fourth-order valence-corrected chi connectivity index (χ4v) is 1.66. The van der Waals surface area contributed by atoms with E-state index in [2.05, 4.69) is 14.8 Å². The Morgan fingerprint density at radius 1 is 1.10 bits per heavy atom. The van der Waals surface area contributed by atoms with Crippen LogP contribution < -0.4 is 5.32 Å². The molecule has 0 radical (unpaired) electrons. The van der Waals surface area contributed by atoms with E-state index in [0.717, 1.165) is 0 Å². The Labute approximate surface area is 122 Å². The van der Waals surface area contributed by atoms with E-state index < -0.39 is 11.9 Å². The number of carbonyl (C=O) groups excluding carboxylic acids is 3. The van der Waals surface area contributed by atoms with Gasteiger partial charge in [0, 0.05) is 0 Å².